The molecule has 0 unspecified atom stereocenters. The van der Waals surface area contributed by atoms with E-state index in [-0.39, 0.29) is 17.1 Å². The van der Waals surface area contributed by atoms with Crippen LogP contribution in [0.15, 0.2) is 36.0 Å². The fourth-order valence-electron chi connectivity index (χ4n) is 3.25. The van der Waals surface area contributed by atoms with Gasteiger partial charge in [0.05, 0.1) is 17.8 Å². The van der Waals surface area contributed by atoms with E-state index >= 15 is 0 Å². The van der Waals surface area contributed by atoms with Gasteiger partial charge >= 0.3 is 0 Å². The molecule has 128 valence electrons. The topological polar surface area (TPSA) is 49.8 Å². The molecule has 0 radical (unpaired) electrons. The molecular weight excluding hydrogens is 288 g/mol. The van der Waals surface area contributed by atoms with E-state index in [1.807, 2.05) is 6.92 Å². The van der Waals surface area contributed by atoms with Crippen LogP contribution in [0.3, 0.4) is 0 Å². The van der Waals surface area contributed by atoms with Gasteiger partial charge < -0.3 is 9.84 Å². The average molecular weight is 318 g/mol. The van der Waals surface area contributed by atoms with Gasteiger partial charge in [-0.1, -0.05) is 37.3 Å². The predicted molar refractivity (Wildman–Crippen MR) is 93.2 cm³/mol. The van der Waals surface area contributed by atoms with Crippen LogP contribution in [-0.2, 0) is 9.53 Å². The Hall–Kier alpha value is -1.19. The fourth-order valence-corrected chi connectivity index (χ4v) is 3.25. The van der Waals surface area contributed by atoms with Gasteiger partial charge in [-0.2, -0.15) is 0 Å². The summed E-state index contributed by atoms with van der Waals surface area (Å²) in [5, 5.41) is 10.0. The van der Waals surface area contributed by atoms with Gasteiger partial charge in [-0.25, -0.2) is 0 Å². The molecule has 1 aliphatic heterocycles. The molecule has 3 nitrogen and oxygen atoms in total. The first-order valence-corrected chi connectivity index (χ1v) is 8.61. The van der Waals surface area contributed by atoms with Gasteiger partial charge in [-0.05, 0) is 63.4 Å². The number of aliphatic hydroxyl groups is 1. The Morgan fingerprint density at radius 1 is 1.52 bits per heavy atom. The summed E-state index contributed by atoms with van der Waals surface area (Å²) >= 11 is 0. The Bertz CT molecular complexity index is 519. The largest absolute Gasteiger partial charge is 0.389 e. The van der Waals surface area contributed by atoms with Crippen molar-refractivity contribution in [3.63, 3.8) is 0 Å². The number of carbonyl (C=O) groups excluding carboxylic acids is 1. The molecule has 1 saturated heterocycles. The van der Waals surface area contributed by atoms with Gasteiger partial charge in [0.2, 0.25) is 0 Å². The maximum atomic E-state index is 11.3. The molecule has 23 heavy (non-hydrogen) atoms. The summed E-state index contributed by atoms with van der Waals surface area (Å²) < 4.78 is 5.82. The first-order chi connectivity index (χ1) is 10.8. The lowest BCUT2D eigenvalue weighted by molar-refractivity contribution is -0.105. The molecule has 0 bridgehead atoms. The minimum absolute atomic E-state index is 0.0597. The van der Waals surface area contributed by atoms with Crippen molar-refractivity contribution < 1.29 is 14.6 Å². The number of carbonyl (C=O) groups is 1. The van der Waals surface area contributed by atoms with Gasteiger partial charge in [-0.15, -0.1) is 0 Å². The standard InChI is InChI=1S/C20H30O3/c1-15(2)17(22)9-13-19(3)10-5-11-20(4)18(23-20)7-6-16(14-21)8-12-19/h5,8,10,14,17-18,22H,1,6-7,9,11-13H2,2-4H3/b10-5+,16-8-/t17-,18+,19-,20+/m1/s1. The monoisotopic (exact) mass is 318 g/mol. The van der Waals surface area contributed by atoms with Crippen LogP contribution in [0.25, 0.3) is 0 Å². The van der Waals surface area contributed by atoms with Crippen molar-refractivity contribution in [3.8, 4) is 0 Å². The van der Waals surface area contributed by atoms with E-state index in [2.05, 4.69) is 38.7 Å². The van der Waals surface area contributed by atoms with E-state index in [1.54, 1.807) is 0 Å². The lowest BCUT2D eigenvalue weighted by Crippen LogP contribution is -2.18. The molecule has 0 aromatic rings. The summed E-state index contributed by atoms with van der Waals surface area (Å²) in [5.41, 5.74) is 1.55. The van der Waals surface area contributed by atoms with Crippen molar-refractivity contribution in [3.05, 3.63) is 36.0 Å². The van der Waals surface area contributed by atoms with Gasteiger partial charge in [0.25, 0.3) is 0 Å². The normalized spacial score (nSPS) is 39.1. The Labute approximate surface area is 140 Å². The third kappa shape index (κ3) is 4.89. The highest BCUT2D eigenvalue weighted by Gasteiger charge is 2.50. The lowest BCUT2D eigenvalue weighted by atomic mass is 9.79. The maximum absolute atomic E-state index is 11.3. The third-order valence-electron chi connectivity index (χ3n) is 5.31. The maximum Gasteiger partial charge on any atom is 0.145 e. The SMILES string of the molecule is C=C(C)[C@H](O)CC[C@]1(C)/C=C/C[C@]2(C)O[C@H]2CC/C(C=O)=C/C1. The molecule has 0 saturated carbocycles. The lowest BCUT2D eigenvalue weighted by Gasteiger charge is -2.26. The molecule has 0 aromatic carbocycles. The molecule has 0 amide bonds. The molecule has 2 aliphatic rings. The van der Waals surface area contributed by atoms with Gasteiger partial charge in [0, 0.05) is 0 Å². The molecule has 0 aromatic heterocycles. The van der Waals surface area contributed by atoms with Crippen molar-refractivity contribution in [2.24, 2.45) is 5.41 Å². The van der Waals surface area contributed by atoms with Crippen molar-refractivity contribution >= 4 is 6.29 Å². The summed E-state index contributed by atoms with van der Waals surface area (Å²) in [7, 11) is 0. The number of hydrogen-bond acceptors (Lipinski definition) is 3. The quantitative estimate of drug-likeness (QED) is 0.471. The fraction of sp³-hybridized carbons (Fsp3) is 0.650. The molecule has 1 fully saturated rings. The number of aliphatic hydroxyl groups excluding tert-OH is 1. The summed E-state index contributed by atoms with van der Waals surface area (Å²) in [6.45, 7) is 10.0. The van der Waals surface area contributed by atoms with Crippen LogP contribution < -0.4 is 0 Å². The number of allylic oxidation sites excluding steroid dienone is 3. The number of rotatable bonds is 5. The average Bonchev–Trinajstić information content (AvgIpc) is 3.14. The van der Waals surface area contributed by atoms with Crippen LogP contribution >= 0.6 is 0 Å². The third-order valence-corrected chi connectivity index (χ3v) is 5.31. The second-order valence-electron chi connectivity index (χ2n) is 7.72. The first kappa shape index (κ1) is 18.2. The second-order valence-corrected chi connectivity index (χ2v) is 7.72. The summed E-state index contributed by atoms with van der Waals surface area (Å²) in [6, 6.07) is 0. The van der Waals surface area contributed by atoms with Gasteiger partial charge in [0.1, 0.15) is 6.29 Å². The minimum Gasteiger partial charge on any atom is -0.389 e. The van der Waals surface area contributed by atoms with E-state index in [0.29, 0.717) is 6.42 Å². The molecule has 2 rings (SSSR count). The summed E-state index contributed by atoms with van der Waals surface area (Å²) in [5.74, 6) is 0. The van der Waals surface area contributed by atoms with E-state index in [0.717, 1.165) is 49.5 Å². The summed E-state index contributed by atoms with van der Waals surface area (Å²) in [4.78, 5) is 11.3. The number of hydrogen-bond donors (Lipinski definition) is 1. The smallest absolute Gasteiger partial charge is 0.145 e. The zero-order chi connectivity index (χ0) is 17.1. The molecule has 4 atom stereocenters. The van der Waals surface area contributed by atoms with E-state index < -0.39 is 6.10 Å². The van der Waals surface area contributed by atoms with Crippen LogP contribution in [0.1, 0.15) is 59.3 Å². The number of aldehydes is 1. The molecule has 1 N–H and O–H groups in total. The molecule has 0 spiro atoms. The van der Waals surface area contributed by atoms with Gasteiger partial charge in [-0.3, -0.25) is 4.79 Å². The zero-order valence-electron chi connectivity index (χ0n) is 14.7. The van der Waals surface area contributed by atoms with E-state index in [9.17, 15) is 9.90 Å². The molecular formula is C20H30O3. The minimum atomic E-state index is -0.457. The van der Waals surface area contributed by atoms with E-state index in [4.69, 9.17) is 4.74 Å². The summed E-state index contributed by atoms with van der Waals surface area (Å²) in [6.07, 6.45) is 12.3. The highest BCUT2D eigenvalue weighted by Crippen LogP contribution is 2.44. The van der Waals surface area contributed by atoms with Crippen LogP contribution in [0.5, 0.6) is 0 Å². The molecule has 1 aliphatic carbocycles. The van der Waals surface area contributed by atoms with Crippen LogP contribution in [0.2, 0.25) is 0 Å². The van der Waals surface area contributed by atoms with Gasteiger partial charge in [0.15, 0.2) is 0 Å². The predicted octanol–water partition coefficient (Wildman–Crippen LogP) is 4.12. The molecule has 3 heteroatoms. The van der Waals surface area contributed by atoms with Crippen molar-refractivity contribution in [2.75, 3.05) is 0 Å². The second kappa shape index (κ2) is 7.14. The highest BCUT2D eigenvalue weighted by atomic mass is 16.6. The zero-order valence-corrected chi connectivity index (χ0v) is 14.7. The Morgan fingerprint density at radius 3 is 2.91 bits per heavy atom. The first-order valence-electron chi connectivity index (χ1n) is 8.61. The van der Waals surface area contributed by atoms with Crippen LogP contribution in [0.4, 0.5) is 0 Å². The van der Waals surface area contributed by atoms with Crippen molar-refractivity contribution in [2.45, 2.75) is 77.1 Å². The highest BCUT2D eigenvalue weighted by molar-refractivity contribution is 5.73. The van der Waals surface area contributed by atoms with Crippen LogP contribution in [0, 0.1) is 5.41 Å². The number of epoxide rings is 1. The van der Waals surface area contributed by atoms with Crippen LogP contribution in [-0.4, -0.2) is 29.2 Å². The Balaban J connectivity index is 2.12. The van der Waals surface area contributed by atoms with Crippen molar-refractivity contribution in [1.29, 1.82) is 0 Å². The number of ether oxygens (including phenoxy) is 1. The van der Waals surface area contributed by atoms with Crippen molar-refractivity contribution in [1.82, 2.24) is 0 Å². The Morgan fingerprint density at radius 2 is 2.26 bits per heavy atom. The Kier molecular flexibility index (Phi) is 5.64. The molecule has 1 heterocycles. The van der Waals surface area contributed by atoms with E-state index in [1.165, 1.54) is 0 Å². The number of fused-ring (bicyclic) bond motifs is 1.